The van der Waals surface area contributed by atoms with E-state index in [-0.39, 0.29) is 6.03 Å². The average molecular weight is 341 g/mol. The molecule has 25 heavy (non-hydrogen) atoms. The van der Waals surface area contributed by atoms with Gasteiger partial charge in [-0.05, 0) is 35.6 Å². The molecule has 0 radical (unpaired) electrons. The highest BCUT2D eigenvalue weighted by Gasteiger charge is 2.14. The Morgan fingerprint density at radius 1 is 1.12 bits per heavy atom. The number of aromatic nitrogens is 1. The summed E-state index contributed by atoms with van der Waals surface area (Å²) in [6.07, 6.45) is 5.35. The lowest BCUT2D eigenvalue weighted by molar-refractivity contribution is 0.182. The fourth-order valence-corrected chi connectivity index (χ4v) is 2.54. The van der Waals surface area contributed by atoms with Crippen LogP contribution in [-0.4, -0.2) is 36.2 Å². The van der Waals surface area contributed by atoms with Crippen LogP contribution in [0.1, 0.15) is 30.0 Å². The Hall–Kier alpha value is -2.40. The van der Waals surface area contributed by atoms with E-state index in [0.29, 0.717) is 26.2 Å². The number of rotatable bonds is 9. The molecule has 2 aromatic rings. The summed E-state index contributed by atoms with van der Waals surface area (Å²) < 4.78 is 5.02. The van der Waals surface area contributed by atoms with E-state index in [1.54, 1.807) is 19.5 Å². The number of amides is 2. The normalized spacial score (nSPS) is 10.5. The van der Waals surface area contributed by atoms with E-state index in [9.17, 15) is 4.79 Å². The van der Waals surface area contributed by atoms with Gasteiger partial charge in [-0.1, -0.05) is 37.3 Å². The third kappa shape index (κ3) is 6.55. The van der Waals surface area contributed by atoms with E-state index in [1.165, 1.54) is 5.56 Å². The molecule has 0 spiro atoms. The Kier molecular flexibility index (Phi) is 7.92. The minimum atomic E-state index is -0.0699. The molecule has 2 rings (SSSR count). The van der Waals surface area contributed by atoms with E-state index in [4.69, 9.17) is 4.74 Å². The Labute approximate surface area is 150 Å². The van der Waals surface area contributed by atoms with Crippen molar-refractivity contribution in [3.05, 3.63) is 65.5 Å². The molecular weight excluding hydrogens is 314 g/mol. The van der Waals surface area contributed by atoms with Crippen LogP contribution in [0.25, 0.3) is 0 Å². The number of carbonyl (C=O) groups is 1. The zero-order chi connectivity index (χ0) is 17.9. The zero-order valence-corrected chi connectivity index (χ0v) is 15.1. The first-order valence-electron chi connectivity index (χ1n) is 8.71. The van der Waals surface area contributed by atoms with Gasteiger partial charge in [0.2, 0.25) is 0 Å². The van der Waals surface area contributed by atoms with Crippen LogP contribution in [0.3, 0.4) is 0 Å². The second-order valence-electron chi connectivity index (χ2n) is 5.97. The quantitative estimate of drug-likeness (QED) is 0.711. The summed E-state index contributed by atoms with van der Waals surface area (Å²) in [5, 5.41) is 2.97. The minimum absolute atomic E-state index is 0.0699. The van der Waals surface area contributed by atoms with Gasteiger partial charge in [0.25, 0.3) is 0 Å². The van der Waals surface area contributed by atoms with Gasteiger partial charge in [0, 0.05) is 45.7 Å². The lowest BCUT2D eigenvalue weighted by Gasteiger charge is -2.23. The molecule has 5 heteroatoms. The van der Waals surface area contributed by atoms with Crippen molar-refractivity contribution >= 4 is 6.03 Å². The highest BCUT2D eigenvalue weighted by Crippen LogP contribution is 2.11. The van der Waals surface area contributed by atoms with Crippen LogP contribution in [0.4, 0.5) is 4.79 Å². The first kappa shape index (κ1) is 18.9. The van der Waals surface area contributed by atoms with Gasteiger partial charge < -0.3 is 15.0 Å². The third-order valence-corrected chi connectivity index (χ3v) is 3.99. The molecule has 0 unspecified atom stereocenters. The average Bonchev–Trinajstić information content (AvgIpc) is 2.66. The molecule has 0 bridgehead atoms. The van der Waals surface area contributed by atoms with Crippen LogP contribution < -0.4 is 5.32 Å². The number of nitrogens with one attached hydrogen (secondary N) is 1. The maximum Gasteiger partial charge on any atom is 0.318 e. The second-order valence-corrected chi connectivity index (χ2v) is 5.97. The SMILES string of the molecule is CCc1ccc(CN(Cc2cccnc2)C(=O)NCCCOC)cc1. The third-order valence-electron chi connectivity index (χ3n) is 3.99. The predicted molar refractivity (Wildman–Crippen MR) is 99.2 cm³/mol. The topological polar surface area (TPSA) is 54.5 Å². The van der Waals surface area contributed by atoms with Crippen LogP contribution >= 0.6 is 0 Å². The number of ether oxygens (including phenoxy) is 1. The number of hydrogen-bond donors (Lipinski definition) is 1. The summed E-state index contributed by atoms with van der Waals surface area (Å²) in [6, 6.07) is 12.2. The van der Waals surface area contributed by atoms with Crippen molar-refractivity contribution in [1.29, 1.82) is 0 Å². The van der Waals surface area contributed by atoms with E-state index < -0.39 is 0 Å². The molecule has 134 valence electrons. The van der Waals surface area contributed by atoms with E-state index in [1.807, 2.05) is 17.0 Å². The lowest BCUT2D eigenvalue weighted by Crippen LogP contribution is -2.39. The van der Waals surface area contributed by atoms with Gasteiger partial charge in [-0.2, -0.15) is 0 Å². The Morgan fingerprint density at radius 2 is 1.84 bits per heavy atom. The van der Waals surface area contributed by atoms with Gasteiger partial charge in [0.15, 0.2) is 0 Å². The summed E-state index contributed by atoms with van der Waals surface area (Å²) in [6.45, 7) is 4.47. The number of nitrogens with zero attached hydrogens (tertiary/aromatic N) is 2. The summed E-state index contributed by atoms with van der Waals surface area (Å²) in [7, 11) is 1.66. The Morgan fingerprint density at radius 3 is 2.48 bits per heavy atom. The van der Waals surface area contributed by atoms with Crippen LogP contribution in [0.15, 0.2) is 48.8 Å². The number of benzene rings is 1. The fraction of sp³-hybridized carbons (Fsp3) is 0.400. The standard InChI is InChI=1S/C20H27N3O2/c1-3-17-7-9-18(10-8-17)15-23(16-19-6-4-11-21-14-19)20(24)22-12-5-13-25-2/h4,6-11,14H,3,5,12-13,15-16H2,1-2H3,(H,22,24). The number of hydrogen-bond acceptors (Lipinski definition) is 3. The summed E-state index contributed by atoms with van der Waals surface area (Å²) in [4.78, 5) is 18.5. The van der Waals surface area contributed by atoms with Crippen LogP contribution in [0.2, 0.25) is 0 Å². The van der Waals surface area contributed by atoms with Crippen LogP contribution in [0.5, 0.6) is 0 Å². The smallest absolute Gasteiger partial charge is 0.318 e. The number of carbonyl (C=O) groups excluding carboxylic acids is 1. The molecule has 1 aromatic heterocycles. The molecular formula is C20H27N3O2. The second kappa shape index (κ2) is 10.5. The number of pyridine rings is 1. The fourth-order valence-electron chi connectivity index (χ4n) is 2.54. The highest BCUT2D eigenvalue weighted by atomic mass is 16.5. The predicted octanol–water partition coefficient (Wildman–Crippen LogP) is 3.39. The Balaban J connectivity index is 2.03. The van der Waals surface area contributed by atoms with Crippen LogP contribution in [-0.2, 0) is 24.2 Å². The van der Waals surface area contributed by atoms with Crippen molar-refractivity contribution in [2.24, 2.45) is 0 Å². The molecule has 0 atom stereocenters. The molecule has 1 heterocycles. The molecule has 1 N–H and O–H groups in total. The molecule has 1 aromatic carbocycles. The molecule has 0 aliphatic heterocycles. The van der Waals surface area contributed by atoms with Crippen molar-refractivity contribution in [3.8, 4) is 0 Å². The first-order valence-corrected chi connectivity index (χ1v) is 8.71. The number of methoxy groups -OCH3 is 1. The highest BCUT2D eigenvalue weighted by molar-refractivity contribution is 5.74. The first-order chi connectivity index (χ1) is 12.2. The van der Waals surface area contributed by atoms with Gasteiger partial charge >= 0.3 is 6.03 Å². The van der Waals surface area contributed by atoms with E-state index in [2.05, 4.69) is 41.5 Å². The molecule has 5 nitrogen and oxygen atoms in total. The maximum absolute atomic E-state index is 12.6. The number of aryl methyl sites for hydroxylation is 1. The molecule has 0 fully saturated rings. The molecule has 0 aliphatic carbocycles. The van der Waals surface area contributed by atoms with Crippen molar-refractivity contribution in [3.63, 3.8) is 0 Å². The zero-order valence-electron chi connectivity index (χ0n) is 15.1. The van der Waals surface area contributed by atoms with Gasteiger partial charge in [-0.25, -0.2) is 4.79 Å². The van der Waals surface area contributed by atoms with Gasteiger partial charge in [0.1, 0.15) is 0 Å². The largest absolute Gasteiger partial charge is 0.385 e. The summed E-state index contributed by atoms with van der Waals surface area (Å²) in [5.74, 6) is 0. The van der Waals surface area contributed by atoms with Crippen molar-refractivity contribution in [2.45, 2.75) is 32.9 Å². The van der Waals surface area contributed by atoms with E-state index >= 15 is 0 Å². The molecule has 0 saturated carbocycles. The van der Waals surface area contributed by atoms with E-state index in [0.717, 1.165) is 24.0 Å². The monoisotopic (exact) mass is 341 g/mol. The Bertz CT molecular complexity index is 629. The van der Waals surface area contributed by atoms with Crippen molar-refractivity contribution in [1.82, 2.24) is 15.2 Å². The minimum Gasteiger partial charge on any atom is -0.385 e. The molecule has 0 saturated heterocycles. The van der Waals surface area contributed by atoms with Gasteiger partial charge in [-0.3, -0.25) is 4.98 Å². The van der Waals surface area contributed by atoms with Gasteiger partial charge in [-0.15, -0.1) is 0 Å². The molecule has 0 aliphatic rings. The summed E-state index contributed by atoms with van der Waals surface area (Å²) >= 11 is 0. The lowest BCUT2D eigenvalue weighted by atomic mass is 10.1. The van der Waals surface area contributed by atoms with Crippen LogP contribution in [0, 0.1) is 0 Å². The maximum atomic E-state index is 12.6. The summed E-state index contributed by atoms with van der Waals surface area (Å²) in [5.41, 5.74) is 3.43. The molecule has 2 amide bonds. The van der Waals surface area contributed by atoms with Gasteiger partial charge in [0.05, 0.1) is 0 Å². The van der Waals surface area contributed by atoms with Crippen molar-refractivity contribution < 1.29 is 9.53 Å². The van der Waals surface area contributed by atoms with Crippen molar-refractivity contribution in [2.75, 3.05) is 20.3 Å². The number of urea groups is 1.